The van der Waals surface area contributed by atoms with Gasteiger partial charge in [-0.2, -0.15) is 11.8 Å². The Morgan fingerprint density at radius 3 is 2.54 bits per heavy atom. The first-order valence-electron chi connectivity index (χ1n) is 8.77. The number of rotatable bonds is 8. The van der Waals surface area contributed by atoms with E-state index in [4.69, 9.17) is 4.74 Å². The zero-order chi connectivity index (χ0) is 21.0. The van der Waals surface area contributed by atoms with Gasteiger partial charge in [0.25, 0.3) is 5.56 Å². The first-order chi connectivity index (χ1) is 13.2. The number of fused-ring (bicyclic) bond motifs is 1. The van der Waals surface area contributed by atoms with Crippen molar-refractivity contribution in [2.75, 3.05) is 12.0 Å². The molecular formula is C17H25N5O5S. The molecule has 0 aliphatic carbocycles. The predicted molar refractivity (Wildman–Crippen MR) is 106 cm³/mol. The van der Waals surface area contributed by atoms with Crippen molar-refractivity contribution in [2.24, 2.45) is 14.1 Å². The smallest absolute Gasteiger partial charge is 0.332 e. The van der Waals surface area contributed by atoms with Gasteiger partial charge in [-0.25, -0.2) is 14.6 Å². The van der Waals surface area contributed by atoms with Crippen molar-refractivity contribution in [3.8, 4) is 0 Å². The largest absolute Gasteiger partial charge is 0.461 e. The summed E-state index contributed by atoms with van der Waals surface area (Å²) in [4.78, 5) is 53.2. The molecule has 2 aromatic heterocycles. The molecule has 0 saturated heterocycles. The lowest BCUT2D eigenvalue weighted by molar-refractivity contribution is -0.151. The molecule has 154 valence electrons. The number of nitrogens with one attached hydrogen (secondary N) is 1. The van der Waals surface area contributed by atoms with Crippen LogP contribution in [-0.4, -0.2) is 54.7 Å². The quantitative estimate of drug-likeness (QED) is 0.589. The molecule has 1 N–H and O–H groups in total. The summed E-state index contributed by atoms with van der Waals surface area (Å²) in [7, 11) is 2.86. The van der Waals surface area contributed by atoms with Gasteiger partial charge in [-0.3, -0.25) is 18.7 Å². The fourth-order valence-corrected chi connectivity index (χ4v) is 3.18. The maximum atomic E-state index is 12.5. The predicted octanol–water partition coefficient (Wildman–Crippen LogP) is -0.377. The minimum absolute atomic E-state index is 0.144. The highest BCUT2D eigenvalue weighted by Crippen LogP contribution is 2.07. The maximum Gasteiger partial charge on any atom is 0.332 e. The second-order valence-electron chi connectivity index (χ2n) is 6.64. The third-order valence-corrected chi connectivity index (χ3v) is 4.76. The van der Waals surface area contributed by atoms with Gasteiger partial charge in [0.15, 0.2) is 11.2 Å². The Balaban J connectivity index is 2.25. The molecule has 28 heavy (non-hydrogen) atoms. The van der Waals surface area contributed by atoms with Gasteiger partial charge in [-0.1, -0.05) is 0 Å². The van der Waals surface area contributed by atoms with Crippen molar-refractivity contribution in [3.05, 3.63) is 27.2 Å². The third kappa shape index (κ3) is 4.64. The van der Waals surface area contributed by atoms with E-state index in [2.05, 4.69) is 10.3 Å². The third-order valence-electron chi connectivity index (χ3n) is 4.11. The molecule has 10 nitrogen and oxygen atoms in total. The molecule has 2 aromatic rings. The van der Waals surface area contributed by atoms with Crippen LogP contribution in [0.15, 0.2) is 15.9 Å². The molecule has 1 unspecified atom stereocenters. The molecule has 0 aliphatic rings. The summed E-state index contributed by atoms with van der Waals surface area (Å²) < 4.78 is 8.77. The van der Waals surface area contributed by atoms with Crippen LogP contribution in [0.1, 0.15) is 20.3 Å². The summed E-state index contributed by atoms with van der Waals surface area (Å²) >= 11 is 1.56. The molecule has 1 atom stereocenters. The van der Waals surface area contributed by atoms with Crippen molar-refractivity contribution >= 4 is 34.8 Å². The van der Waals surface area contributed by atoms with Gasteiger partial charge >= 0.3 is 11.7 Å². The summed E-state index contributed by atoms with van der Waals surface area (Å²) in [5.74, 6) is -0.275. The minimum Gasteiger partial charge on any atom is -0.461 e. The lowest BCUT2D eigenvalue weighted by Gasteiger charge is -2.19. The van der Waals surface area contributed by atoms with Crippen LogP contribution < -0.4 is 16.6 Å². The molecule has 0 spiro atoms. The topological polar surface area (TPSA) is 117 Å². The van der Waals surface area contributed by atoms with Crippen molar-refractivity contribution in [1.29, 1.82) is 0 Å². The molecular weight excluding hydrogens is 386 g/mol. The molecule has 0 saturated carbocycles. The zero-order valence-corrected chi connectivity index (χ0v) is 17.4. The van der Waals surface area contributed by atoms with Crippen LogP contribution >= 0.6 is 11.8 Å². The monoisotopic (exact) mass is 411 g/mol. The van der Waals surface area contributed by atoms with Crippen LogP contribution in [0.4, 0.5) is 0 Å². The number of esters is 1. The van der Waals surface area contributed by atoms with Crippen molar-refractivity contribution in [3.63, 3.8) is 0 Å². The number of carbonyl (C=O) groups excluding carboxylic acids is 2. The molecule has 0 fully saturated rings. The van der Waals surface area contributed by atoms with E-state index in [-0.39, 0.29) is 23.8 Å². The highest BCUT2D eigenvalue weighted by molar-refractivity contribution is 7.98. The standard InChI is InChI=1S/C17H25N5O5S/c1-10(2)27-16(25)11(6-7-28-5)19-12(23)8-22-9-18-14-13(22)15(24)21(4)17(26)20(14)3/h9-11H,6-8H2,1-5H3,(H,19,23). The Morgan fingerprint density at radius 2 is 1.93 bits per heavy atom. The number of ether oxygens (including phenoxy) is 1. The fraction of sp³-hybridized carbons (Fsp3) is 0.588. The van der Waals surface area contributed by atoms with E-state index >= 15 is 0 Å². The van der Waals surface area contributed by atoms with E-state index in [9.17, 15) is 19.2 Å². The first kappa shape index (κ1) is 21.7. The van der Waals surface area contributed by atoms with E-state index in [0.29, 0.717) is 12.2 Å². The molecule has 0 radical (unpaired) electrons. The first-order valence-corrected chi connectivity index (χ1v) is 10.2. The number of hydrogen-bond acceptors (Lipinski definition) is 7. The summed E-state index contributed by atoms with van der Waals surface area (Å²) in [5, 5.41) is 2.67. The van der Waals surface area contributed by atoms with Gasteiger partial charge in [-0.15, -0.1) is 0 Å². The van der Waals surface area contributed by atoms with E-state index in [1.807, 2.05) is 6.26 Å². The minimum atomic E-state index is -0.774. The van der Waals surface area contributed by atoms with Crippen molar-refractivity contribution in [2.45, 2.75) is 39.0 Å². The SMILES string of the molecule is CSCCC(NC(=O)Cn1cnc2c1c(=O)n(C)c(=O)n2C)C(=O)OC(C)C. The molecule has 1 amide bonds. The van der Waals surface area contributed by atoms with Gasteiger partial charge < -0.3 is 14.6 Å². The van der Waals surface area contributed by atoms with Gasteiger partial charge in [0.05, 0.1) is 12.4 Å². The van der Waals surface area contributed by atoms with Crippen molar-refractivity contribution < 1.29 is 14.3 Å². The van der Waals surface area contributed by atoms with Crippen LogP contribution in [0.3, 0.4) is 0 Å². The number of aryl methyl sites for hydroxylation is 1. The second kappa shape index (κ2) is 9.09. The number of nitrogens with zero attached hydrogens (tertiary/aromatic N) is 4. The van der Waals surface area contributed by atoms with Gasteiger partial charge in [-0.05, 0) is 32.3 Å². The Labute approximate surface area is 165 Å². The summed E-state index contributed by atoms with van der Waals surface area (Å²) in [6.07, 6.45) is 3.38. The molecule has 2 rings (SSSR count). The fourth-order valence-electron chi connectivity index (χ4n) is 2.71. The zero-order valence-electron chi connectivity index (χ0n) is 16.6. The number of amides is 1. The van der Waals surface area contributed by atoms with Crippen LogP contribution in [0.25, 0.3) is 11.2 Å². The number of imidazole rings is 1. The highest BCUT2D eigenvalue weighted by atomic mass is 32.2. The lowest BCUT2D eigenvalue weighted by Crippen LogP contribution is -2.44. The molecule has 0 bridgehead atoms. The summed E-state index contributed by atoms with van der Waals surface area (Å²) in [5.41, 5.74) is -0.702. The van der Waals surface area contributed by atoms with E-state index in [1.54, 1.807) is 25.6 Å². The molecule has 0 aromatic carbocycles. The van der Waals surface area contributed by atoms with Crippen LogP contribution in [0, 0.1) is 0 Å². The Hall–Kier alpha value is -2.56. The van der Waals surface area contributed by atoms with Crippen molar-refractivity contribution in [1.82, 2.24) is 24.0 Å². The number of carbonyl (C=O) groups is 2. The Kier molecular flexibility index (Phi) is 7.05. The van der Waals surface area contributed by atoms with Gasteiger partial charge in [0, 0.05) is 14.1 Å². The van der Waals surface area contributed by atoms with Crippen LogP contribution in [-0.2, 0) is 35.0 Å². The maximum absolute atomic E-state index is 12.5. The molecule has 0 aliphatic heterocycles. The average molecular weight is 411 g/mol. The number of aromatic nitrogens is 4. The van der Waals surface area contributed by atoms with E-state index in [0.717, 1.165) is 4.57 Å². The summed E-state index contributed by atoms with van der Waals surface area (Å²) in [6.45, 7) is 3.26. The van der Waals surface area contributed by atoms with E-state index < -0.39 is 29.2 Å². The normalized spacial score (nSPS) is 12.4. The van der Waals surface area contributed by atoms with E-state index in [1.165, 1.54) is 29.6 Å². The van der Waals surface area contributed by atoms with Crippen LogP contribution in [0.2, 0.25) is 0 Å². The number of hydrogen-bond donors (Lipinski definition) is 1. The van der Waals surface area contributed by atoms with Crippen LogP contribution in [0.5, 0.6) is 0 Å². The number of thioether (sulfide) groups is 1. The Morgan fingerprint density at radius 1 is 1.25 bits per heavy atom. The molecule has 2 heterocycles. The average Bonchev–Trinajstić information content (AvgIpc) is 3.04. The van der Waals surface area contributed by atoms with Gasteiger partial charge in [0.1, 0.15) is 12.6 Å². The Bertz CT molecular complexity index is 990. The van der Waals surface area contributed by atoms with Gasteiger partial charge in [0.2, 0.25) is 5.91 Å². The lowest BCUT2D eigenvalue weighted by atomic mass is 10.2. The second-order valence-corrected chi connectivity index (χ2v) is 7.62. The highest BCUT2D eigenvalue weighted by Gasteiger charge is 2.24. The summed E-state index contributed by atoms with van der Waals surface area (Å²) in [6, 6.07) is -0.774. The molecule has 11 heteroatoms.